The van der Waals surface area contributed by atoms with Crippen LogP contribution in [0.4, 0.5) is 5.69 Å². The molecule has 0 radical (unpaired) electrons. The highest BCUT2D eigenvalue weighted by molar-refractivity contribution is 7.92. The van der Waals surface area contributed by atoms with E-state index in [1.165, 1.54) is 6.07 Å². The molecule has 1 atom stereocenters. The standard InChI is InChI=1S/C21H27ClN2O4S/c1-5-19(24(29(4,26)27)18-8-6-7-17(22)14-18)21(25)23-11-12-28-20-10-9-15(2)13-16(20)3/h6-10,13-14,19H,5,11-12H2,1-4H3,(H,23,25). The van der Waals surface area contributed by atoms with Gasteiger partial charge in [0.15, 0.2) is 0 Å². The van der Waals surface area contributed by atoms with E-state index < -0.39 is 16.1 Å². The maximum absolute atomic E-state index is 12.7. The zero-order valence-corrected chi connectivity index (χ0v) is 18.7. The first kappa shape index (κ1) is 23.0. The van der Waals surface area contributed by atoms with E-state index in [0.717, 1.165) is 27.4 Å². The van der Waals surface area contributed by atoms with Crippen LogP contribution in [0.15, 0.2) is 42.5 Å². The predicted molar refractivity (Wildman–Crippen MR) is 117 cm³/mol. The molecule has 0 spiro atoms. The number of carbonyl (C=O) groups is 1. The molecule has 0 fully saturated rings. The van der Waals surface area contributed by atoms with Crippen LogP contribution in [0.3, 0.4) is 0 Å². The van der Waals surface area contributed by atoms with Gasteiger partial charge in [-0.25, -0.2) is 8.42 Å². The average Bonchev–Trinajstić information content (AvgIpc) is 2.63. The molecule has 158 valence electrons. The van der Waals surface area contributed by atoms with Crippen molar-refractivity contribution in [3.05, 3.63) is 58.6 Å². The summed E-state index contributed by atoms with van der Waals surface area (Å²) < 4.78 is 31.6. The molecule has 1 amide bonds. The monoisotopic (exact) mass is 438 g/mol. The van der Waals surface area contributed by atoms with Crippen molar-refractivity contribution in [3.8, 4) is 5.75 Å². The molecule has 29 heavy (non-hydrogen) atoms. The van der Waals surface area contributed by atoms with Crippen molar-refractivity contribution in [2.45, 2.75) is 33.2 Å². The van der Waals surface area contributed by atoms with Crippen molar-refractivity contribution in [1.82, 2.24) is 5.32 Å². The van der Waals surface area contributed by atoms with Gasteiger partial charge in [-0.2, -0.15) is 0 Å². The van der Waals surface area contributed by atoms with E-state index in [1.54, 1.807) is 25.1 Å². The van der Waals surface area contributed by atoms with Crippen molar-refractivity contribution in [2.24, 2.45) is 0 Å². The van der Waals surface area contributed by atoms with Crippen LogP contribution in [0.1, 0.15) is 24.5 Å². The van der Waals surface area contributed by atoms with Crippen molar-refractivity contribution >= 4 is 33.2 Å². The molecule has 6 nitrogen and oxygen atoms in total. The van der Waals surface area contributed by atoms with E-state index in [-0.39, 0.29) is 19.1 Å². The highest BCUT2D eigenvalue weighted by Crippen LogP contribution is 2.25. The summed E-state index contributed by atoms with van der Waals surface area (Å²) in [6.07, 6.45) is 1.39. The molecule has 0 saturated heterocycles. The van der Waals surface area contributed by atoms with Gasteiger partial charge in [0.2, 0.25) is 15.9 Å². The topological polar surface area (TPSA) is 75.7 Å². The number of hydrogen-bond donors (Lipinski definition) is 1. The summed E-state index contributed by atoms with van der Waals surface area (Å²) in [5.41, 5.74) is 2.52. The van der Waals surface area contributed by atoms with E-state index in [2.05, 4.69) is 5.32 Å². The molecule has 1 N–H and O–H groups in total. The Kier molecular flexibility index (Phi) is 7.93. The van der Waals surface area contributed by atoms with Crippen LogP contribution in [-0.2, 0) is 14.8 Å². The number of benzene rings is 2. The maximum Gasteiger partial charge on any atom is 0.244 e. The van der Waals surface area contributed by atoms with E-state index in [4.69, 9.17) is 16.3 Å². The maximum atomic E-state index is 12.7. The van der Waals surface area contributed by atoms with Gasteiger partial charge in [-0.05, 0) is 50.1 Å². The van der Waals surface area contributed by atoms with Crippen LogP contribution in [0, 0.1) is 13.8 Å². The van der Waals surface area contributed by atoms with Crippen molar-refractivity contribution < 1.29 is 17.9 Å². The van der Waals surface area contributed by atoms with Gasteiger partial charge in [-0.3, -0.25) is 9.10 Å². The highest BCUT2D eigenvalue weighted by atomic mass is 35.5. The third-order valence-corrected chi connectivity index (χ3v) is 5.80. The third-order valence-electron chi connectivity index (χ3n) is 4.38. The number of hydrogen-bond acceptors (Lipinski definition) is 4. The van der Waals surface area contributed by atoms with Crippen LogP contribution >= 0.6 is 11.6 Å². The third kappa shape index (κ3) is 6.37. The largest absolute Gasteiger partial charge is 0.491 e. The second-order valence-corrected chi connectivity index (χ2v) is 9.17. The van der Waals surface area contributed by atoms with E-state index in [0.29, 0.717) is 17.1 Å². The van der Waals surface area contributed by atoms with Crippen molar-refractivity contribution in [2.75, 3.05) is 23.7 Å². The van der Waals surface area contributed by atoms with Crippen LogP contribution in [0.5, 0.6) is 5.75 Å². The lowest BCUT2D eigenvalue weighted by molar-refractivity contribution is -0.122. The number of nitrogens with one attached hydrogen (secondary N) is 1. The molecule has 8 heteroatoms. The number of aryl methyl sites for hydroxylation is 2. The molecule has 0 aromatic heterocycles. The predicted octanol–water partition coefficient (Wildman–Crippen LogP) is 3.70. The number of anilines is 1. The van der Waals surface area contributed by atoms with Gasteiger partial charge in [0.1, 0.15) is 18.4 Å². The molecule has 2 aromatic carbocycles. The minimum Gasteiger partial charge on any atom is -0.491 e. The van der Waals surface area contributed by atoms with E-state index >= 15 is 0 Å². The second kappa shape index (κ2) is 9.98. The normalized spacial score (nSPS) is 12.3. The quantitative estimate of drug-likeness (QED) is 0.606. The Labute approximate surface area is 177 Å². The van der Waals surface area contributed by atoms with Crippen LogP contribution in [0.2, 0.25) is 5.02 Å². The van der Waals surface area contributed by atoms with Crippen LogP contribution in [-0.4, -0.2) is 39.8 Å². The summed E-state index contributed by atoms with van der Waals surface area (Å²) >= 11 is 6.01. The molecule has 0 aliphatic rings. The molecular weight excluding hydrogens is 412 g/mol. The van der Waals surface area contributed by atoms with Crippen LogP contribution < -0.4 is 14.4 Å². The molecule has 0 aliphatic heterocycles. The highest BCUT2D eigenvalue weighted by Gasteiger charge is 2.31. The summed E-state index contributed by atoms with van der Waals surface area (Å²) in [5, 5.41) is 3.17. The summed E-state index contributed by atoms with van der Waals surface area (Å²) in [5.74, 6) is 0.371. The van der Waals surface area contributed by atoms with Gasteiger partial charge in [-0.15, -0.1) is 0 Å². The Morgan fingerprint density at radius 1 is 1.21 bits per heavy atom. The van der Waals surface area contributed by atoms with Gasteiger partial charge in [0, 0.05) is 5.02 Å². The molecule has 0 aliphatic carbocycles. The van der Waals surface area contributed by atoms with Crippen LogP contribution in [0.25, 0.3) is 0 Å². The van der Waals surface area contributed by atoms with Gasteiger partial charge in [-0.1, -0.05) is 42.3 Å². The first-order valence-electron chi connectivity index (χ1n) is 9.36. The molecular formula is C21H27ClN2O4S. The zero-order valence-electron chi connectivity index (χ0n) is 17.1. The number of sulfonamides is 1. The van der Waals surface area contributed by atoms with Gasteiger partial charge >= 0.3 is 0 Å². The smallest absolute Gasteiger partial charge is 0.244 e. The number of nitrogens with zero attached hydrogens (tertiary/aromatic N) is 1. The van der Waals surface area contributed by atoms with Crippen molar-refractivity contribution in [1.29, 1.82) is 0 Å². The number of rotatable bonds is 9. The first-order chi connectivity index (χ1) is 13.6. The lowest BCUT2D eigenvalue weighted by Crippen LogP contribution is -2.50. The first-order valence-corrected chi connectivity index (χ1v) is 11.6. The Balaban J connectivity index is 2.05. The fourth-order valence-corrected chi connectivity index (χ4v) is 4.48. The van der Waals surface area contributed by atoms with E-state index in [1.807, 2.05) is 32.0 Å². The lowest BCUT2D eigenvalue weighted by atomic mass is 10.1. The zero-order chi connectivity index (χ0) is 21.6. The summed E-state index contributed by atoms with van der Waals surface area (Å²) in [4.78, 5) is 12.7. The molecule has 0 saturated carbocycles. The molecule has 0 heterocycles. The Bertz CT molecular complexity index is 963. The number of amides is 1. The minimum absolute atomic E-state index is 0.260. The Morgan fingerprint density at radius 3 is 2.52 bits per heavy atom. The summed E-state index contributed by atoms with van der Waals surface area (Å²) in [6, 6.07) is 11.4. The number of carbonyl (C=O) groups excluding carboxylic acids is 1. The fourth-order valence-electron chi connectivity index (χ4n) is 3.09. The van der Waals surface area contributed by atoms with E-state index in [9.17, 15) is 13.2 Å². The molecule has 2 aromatic rings. The second-order valence-electron chi connectivity index (χ2n) is 6.87. The summed E-state index contributed by atoms with van der Waals surface area (Å²) in [7, 11) is -3.69. The van der Waals surface area contributed by atoms with Gasteiger partial charge in [0.05, 0.1) is 18.5 Å². The number of halogens is 1. The average molecular weight is 439 g/mol. The van der Waals surface area contributed by atoms with Crippen molar-refractivity contribution in [3.63, 3.8) is 0 Å². The van der Waals surface area contributed by atoms with Gasteiger partial charge in [0.25, 0.3) is 0 Å². The molecule has 2 rings (SSSR count). The fraction of sp³-hybridized carbons (Fsp3) is 0.381. The summed E-state index contributed by atoms with van der Waals surface area (Å²) in [6.45, 7) is 6.27. The molecule has 0 bridgehead atoms. The Morgan fingerprint density at radius 2 is 1.93 bits per heavy atom. The SMILES string of the molecule is CCC(C(=O)NCCOc1ccc(C)cc1C)N(c1cccc(Cl)c1)S(C)(=O)=O. The molecule has 1 unspecified atom stereocenters. The lowest BCUT2D eigenvalue weighted by Gasteiger charge is -2.30. The number of ether oxygens (including phenoxy) is 1. The van der Waals surface area contributed by atoms with Gasteiger partial charge < -0.3 is 10.1 Å². The Hall–Kier alpha value is -2.25. The minimum atomic E-state index is -3.69.